The Morgan fingerprint density at radius 1 is 0.885 bits per heavy atom. The monoisotopic (exact) mass is 342 g/mol. The highest BCUT2D eigenvalue weighted by Gasteiger charge is 2.24. The minimum atomic E-state index is 0.539. The highest BCUT2D eigenvalue weighted by Crippen LogP contribution is 2.41. The van der Waals surface area contributed by atoms with Crippen LogP contribution in [0.5, 0.6) is 0 Å². The maximum Gasteiger partial charge on any atom is 0.212 e. The molecule has 0 N–H and O–H groups in total. The first kappa shape index (κ1) is 17.0. The van der Waals surface area contributed by atoms with Crippen molar-refractivity contribution in [3.05, 3.63) is 76.0 Å². The standard InChI is InChI=1S/C25H28N/c1-15(2)23-13-25(26(6)14-17(23)4)20-9-10-22-21-8-7-16(3)11-19(21)12-24(22)18(20)5/h7-11,13-15H,12H2,1-6H3/q+1. The average molecular weight is 343 g/mol. The molecule has 0 fully saturated rings. The minimum Gasteiger partial charge on any atom is -0.201 e. The van der Waals surface area contributed by atoms with Crippen molar-refractivity contribution in [2.75, 3.05) is 0 Å². The van der Waals surface area contributed by atoms with E-state index in [-0.39, 0.29) is 0 Å². The van der Waals surface area contributed by atoms with E-state index in [4.69, 9.17) is 0 Å². The Balaban J connectivity index is 1.88. The van der Waals surface area contributed by atoms with Crippen LogP contribution in [0, 0.1) is 20.8 Å². The molecule has 0 saturated heterocycles. The molecule has 1 heteroatoms. The van der Waals surface area contributed by atoms with Gasteiger partial charge in [-0.15, -0.1) is 0 Å². The first-order chi connectivity index (χ1) is 12.4. The molecule has 0 radical (unpaired) electrons. The van der Waals surface area contributed by atoms with Crippen molar-refractivity contribution in [2.24, 2.45) is 7.05 Å². The number of fused-ring (bicyclic) bond motifs is 3. The van der Waals surface area contributed by atoms with Gasteiger partial charge in [-0.3, -0.25) is 0 Å². The van der Waals surface area contributed by atoms with E-state index in [0.29, 0.717) is 5.92 Å². The molecule has 0 bridgehead atoms. The Bertz CT molecular complexity index is 1020. The molecule has 0 atom stereocenters. The fraction of sp³-hybridized carbons (Fsp3) is 0.320. The van der Waals surface area contributed by atoms with Gasteiger partial charge >= 0.3 is 0 Å². The van der Waals surface area contributed by atoms with Gasteiger partial charge in [-0.2, -0.15) is 0 Å². The van der Waals surface area contributed by atoms with Crippen molar-refractivity contribution in [1.82, 2.24) is 0 Å². The molecule has 3 aromatic rings. The number of benzene rings is 2. The quantitative estimate of drug-likeness (QED) is 0.405. The Morgan fingerprint density at radius 2 is 1.58 bits per heavy atom. The van der Waals surface area contributed by atoms with Crippen LogP contribution in [0.4, 0.5) is 0 Å². The lowest BCUT2D eigenvalue weighted by Gasteiger charge is -2.14. The van der Waals surface area contributed by atoms with E-state index >= 15 is 0 Å². The van der Waals surface area contributed by atoms with Crippen molar-refractivity contribution < 1.29 is 4.57 Å². The molecule has 2 aromatic carbocycles. The summed E-state index contributed by atoms with van der Waals surface area (Å²) >= 11 is 0. The summed E-state index contributed by atoms with van der Waals surface area (Å²) < 4.78 is 2.28. The smallest absolute Gasteiger partial charge is 0.201 e. The van der Waals surface area contributed by atoms with Crippen LogP contribution in [-0.4, -0.2) is 0 Å². The third-order valence-corrected chi connectivity index (χ3v) is 5.93. The summed E-state index contributed by atoms with van der Waals surface area (Å²) in [4.78, 5) is 0. The number of hydrogen-bond acceptors (Lipinski definition) is 0. The van der Waals surface area contributed by atoms with Crippen LogP contribution in [0.3, 0.4) is 0 Å². The largest absolute Gasteiger partial charge is 0.212 e. The average Bonchev–Trinajstić information content (AvgIpc) is 2.94. The lowest BCUT2D eigenvalue weighted by Crippen LogP contribution is -2.32. The van der Waals surface area contributed by atoms with E-state index in [1.54, 1.807) is 0 Å². The van der Waals surface area contributed by atoms with Gasteiger partial charge in [-0.25, -0.2) is 4.57 Å². The van der Waals surface area contributed by atoms with Gasteiger partial charge in [0.1, 0.15) is 7.05 Å². The topological polar surface area (TPSA) is 3.88 Å². The molecule has 132 valence electrons. The van der Waals surface area contributed by atoms with Gasteiger partial charge in [0.05, 0.1) is 0 Å². The number of nitrogens with zero attached hydrogens (tertiary/aromatic N) is 1. The van der Waals surface area contributed by atoms with Gasteiger partial charge in [0, 0.05) is 17.2 Å². The van der Waals surface area contributed by atoms with Crippen molar-refractivity contribution in [3.63, 3.8) is 0 Å². The SMILES string of the molecule is Cc1ccc2c(c1)Cc1c-2ccc(-c2cc(C(C)C)c(C)c[n+]2C)c1C. The number of aromatic nitrogens is 1. The first-order valence-electron chi connectivity index (χ1n) is 9.59. The van der Waals surface area contributed by atoms with Crippen LogP contribution in [0.2, 0.25) is 0 Å². The van der Waals surface area contributed by atoms with Crippen LogP contribution in [-0.2, 0) is 13.5 Å². The van der Waals surface area contributed by atoms with E-state index in [0.717, 1.165) is 6.42 Å². The van der Waals surface area contributed by atoms with Crippen LogP contribution in [0.15, 0.2) is 42.6 Å². The fourth-order valence-electron chi connectivity index (χ4n) is 4.52. The van der Waals surface area contributed by atoms with E-state index in [2.05, 4.69) is 88.8 Å². The second-order valence-corrected chi connectivity index (χ2v) is 8.16. The highest BCUT2D eigenvalue weighted by atomic mass is 14.9. The molecule has 0 aliphatic heterocycles. The third kappa shape index (κ3) is 2.58. The maximum atomic E-state index is 2.39. The molecular formula is C25H28N+. The molecule has 1 aromatic heterocycles. The number of hydrogen-bond donors (Lipinski definition) is 0. The fourth-order valence-corrected chi connectivity index (χ4v) is 4.52. The zero-order chi connectivity index (χ0) is 18.6. The number of pyridine rings is 1. The highest BCUT2D eigenvalue weighted by molar-refractivity contribution is 5.82. The third-order valence-electron chi connectivity index (χ3n) is 5.93. The second-order valence-electron chi connectivity index (χ2n) is 8.16. The van der Waals surface area contributed by atoms with Crippen molar-refractivity contribution in [3.8, 4) is 22.4 Å². The van der Waals surface area contributed by atoms with Gasteiger partial charge in [-0.1, -0.05) is 43.7 Å². The van der Waals surface area contributed by atoms with Gasteiger partial charge in [0.15, 0.2) is 6.20 Å². The van der Waals surface area contributed by atoms with E-state index in [1.165, 1.54) is 55.8 Å². The summed E-state index contributed by atoms with van der Waals surface area (Å²) in [5.74, 6) is 0.539. The molecule has 0 unspecified atom stereocenters. The van der Waals surface area contributed by atoms with Crippen LogP contribution < -0.4 is 4.57 Å². The summed E-state index contributed by atoms with van der Waals surface area (Å²) in [7, 11) is 2.16. The first-order valence-corrected chi connectivity index (χ1v) is 9.59. The molecule has 1 heterocycles. The predicted octanol–water partition coefficient (Wildman–Crippen LogP) is 5.80. The zero-order valence-electron chi connectivity index (χ0n) is 16.8. The summed E-state index contributed by atoms with van der Waals surface area (Å²) in [6, 6.07) is 13.9. The molecule has 1 nitrogen and oxygen atoms in total. The summed E-state index contributed by atoms with van der Waals surface area (Å²) in [5.41, 5.74) is 14.0. The van der Waals surface area contributed by atoms with Gasteiger partial charge in [0.25, 0.3) is 0 Å². The Morgan fingerprint density at radius 3 is 2.31 bits per heavy atom. The van der Waals surface area contributed by atoms with Crippen molar-refractivity contribution >= 4 is 0 Å². The van der Waals surface area contributed by atoms with E-state index in [9.17, 15) is 0 Å². The summed E-state index contributed by atoms with van der Waals surface area (Å²) in [6.07, 6.45) is 3.33. The molecule has 1 aliphatic rings. The lowest BCUT2D eigenvalue weighted by molar-refractivity contribution is -0.660. The summed E-state index contributed by atoms with van der Waals surface area (Å²) in [5, 5.41) is 0. The molecule has 0 saturated carbocycles. The number of rotatable bonds is 2. The maximum absolute atomic E-state index is 2.39. The van der Waals surface area contributed by atoms with E-state index < -0.39 is 0 Å². The predicted molar refractivity (Wildman–Crippen MR) is 110 cm³/mol. The molecule has 0 amide bonds. The van der Waals surface area contributed by atoms with Crippen LogP contribution in [0.25, 0.3) is 22.4 Å². The summed E-state index contributed by atoms with van der Waals surface area (Å²) in [6.45, 7) is 11.2. The molecule has 4 rings (SSSR count). The van der Waals surface area contributed by atoms with Crippen molar-refractivity contribution in [2.45, 2.75) is 47.0 Å². The normalized spacial score (nSPS) is 12.4. The van der Waals surface area contributed by atoms with Gasteiger partial charge in [-0.05, 0) is 72.6 Å². The van der Waals surface area contributed by atoms with Gasteiger partial charge in [0.2, 0.25) is 5.69 Å². The molecule has 26 heavy (non-hydrogen) atoms. The molecule has 1 aliphatic carbocycles. The minimum absolute atomic E-state index is 0.539. The Kier molecular flexibility index (Phi) is 3.99. The Hall–Kier alpha value is -2.41. The second kappa shape index (κ2) is 6.09. The molecular weight excluding hydrogens is 314 g/mol. The number of aryl methyl sites for hydroxylation is 3. The van der Waals surface area contributed by atoms with Gasteiger partial charge < -0.3 is 0 Å². The van der Waals surface area contributed by atoms with Crippen LogP contribution >= 0.6 is 0 Å². The van der Waals surface area contributed by atoms with Crippen LogP contribution in [0.1, 0.15) is 53.1 Å². The van der Waals surface area contributed by atoms with E-state index in [1.807, 2.05) is 0 Å². The van der Waals surface area contributed by atoms with Crippen molar-refractivity contribution in [1.29, 1.82) is 0 Å². The Labute approximate surface area is 157 Å². The zero-order valence-corrected chi connectivity index (χ0v) is 16.8. The lowest BCUT2D eigenvalue weighted by atomic mass is 9.92. The molecule has 0 spiro atoms.